The van der Waals surface area contributed by atoms with E-state index in [1.54, 1.807) is 13.0 Å². The maximum Gasteiger partial charge on any atom is 0.264 e. The molecule has 0 aliphatic carbocycles. The lowest BCUT2D eigenvalue weighted by Crippen LogP contribution is -2.27. The zero-order chi connectivity index (χ0) is 18.7. The van der Waals surface area contributed by atoms with Crippen LogP contribution in [-0.4, -0.2) is 18.6 Å². The molecule has 0 amide bonds. The van der Waals surface area contributed by atoms with Crippen LogP contribution in [0, 0.1) is 0 Å². The summed E-state index contributed by atoms with van der Waals surface area (Å²) in [5.41, 5.74) is 1.46. The van der Waals surface area contributed by atoms with E-state index in [-0.39, 0.29) is 15.5 Å². The van der Waals surface area contributed by atoms with Crippen LogP contribution in [0.4, 0.5) is 0 Å². The van der Waals surface area contributed by atoms with Crippen LogP contribution in [0.3, 0.4) is 0 Å². The first kappa shape index (κ1) is 18.3. The lowest BCUT2D eigenvalue weighted by Gasteiger charge is -2.16. The van der Waals surface area contributed by atoms with Crippen LogP contribution in [-0.2, 0) is 10.0 Å². The number of aromatic nitrogens is 2. The van der Waals surface area contributed by atoms with Crippen LogP contribution in [0.15, 0.2) is 70.4 Å². The quantitative estimate of drug-likeness (QED) is 0.701. The van der Waals surface area contributed by atoms with Gasteiger partial charge in [0.05, 0.1) is 10.7 Å². The molecule has 3 aromatic rings. The summed E-state index contributed by atoms with van der Waals surface area (Å²) in [7, 11) is -3.86. The molecule has 1 atom stereocenters. The lowest BCUT2D eigenvalue weighted by molar-refractivity contribution is 0.567. The van der Waals surface area contributed by atoms with Gasteiger partial charge < -0.3 is 0 Å². The first-order valence-electron chi connectivity index (χ1n) is 7.80. The number of nitrogens with one attached hydrogen (secondary N) is 2. The Hall–Kier alpha value is -2.48. The molecule has 2 N–H and O–H groups in total. The second-order valence-electron chi connectivity index (χ2n) is 5.71. The number of hydrogen-bond donors (Lipinski definition) is 2. The SMILES string of the molecule is C[C@@H](NS(=O)(=O)c1cc(-c2ccc(=O)[nH]n2)ccc1Cl)c1ccccc1. The average molecular weight is 390 g/mol. The Balaban J connectivity index is 1.95. The molecule has 3 rings (SSSR count). The molecule has 0 saturated heterocycles. The number of H-pyrrole nitrogens is 1. The van der Waals surface area contributed by atoms with Crippen molar-refractivity contribution >= 4 is 21.6 Å². The first-order chi connectivity index (χ1) is 12.4. The van der Waals surface area contributed by atoms with Crippen molar-refractivity contribution in [1.82, 2.24) is 14.9 Å². The molecule has 0 spiro atoms. The van der Waals surface area contributed by atoms with E-state index in [1.165, 1.54) is 24.3 Å². The van der Waals surface area contributed by atoms with Crippen LogP contribution < -0.4 is 10.3 Å². The Morgan fingerprint density at radius 1 is 1.08 bits per heavy atom. The van der Waals surface area contributed by atoms with E-state index in [0.717, 1.165) is 5.56 Å². The fraction of sp³-hybridized carbons (Fsp3) is 0.111. The highest BCUT2D eigenvalue weighted by Gasteiger charge is 2.22. The minimum absolute atomic E-state index is 0.0487. The Morgan fingerprint density at radius 3 is 2.46 bits per heavy atom. The number of benzene rings is 2. The molecule has 2 aromatic carbocycles. The van der Waals surface area contributed by atoms with Gasteiger partial charge in [0.25, 0.3) is 5.56 Å². The van der Waals surface area contributed by atoms with E-state index in [0.29, 0.717) is 11.3 Å². The van der Waals surface area contributed by atoms with Crippen molar-refractivity contribution in [2.75, 3.05) is 0 Å². The summed E-state index contributed by atoms with van der Waals surface area (Å²) >= 11 is 6.13. The van der Waals surface area contributed by atoms with Gasteiger partial charge in [-0.3, -0.25) is 4.79 Å². The van der Waals surface area contributed by atoms with Gasteiger partial charge in [-0.25, -0.2) is 18.2 Å². The van der Waals surface area contributed by atoms with E-state index >= 15 is 0 Å². The molecule has 0 aliphatic rings. The Bertz CT molecular complexity index is 1060. The van der Waals surface area contributed by atoms with Crippen LogP contribution in [0.2, 0.25) is 5.02 Å². The third-order valence-corrected chi connectivity index (χ3v) is 5.85. The van der Waals surface area contributed by atoms with Gasteiger partial charge in [-0.15, -0.1) is 0 Å². The van der Waals surface area contributed by atoms with Gasteiger partial charge in [0, 0.05) is 17.7 Å². The van der Waals surface area contributed by atoms with E-state index < -0.39 is 16.1 Å². The van der Waals surface area contributed by atoms with E-state index in [4.69, 9.17) is 11.6 Å². The van der Waals surface area contributed by atoms with Crippen LogP contribution in [0.25, 0.3) is 11.3 Å². The Morgan fingerprint density at radius 2 is 1.81 bits per heavy atom. The molecule has 8 heteroatoms. The summed E-state index contributed by atoms with van der Waals surface area (Å²) in [5, 5.41) is 6.34. The average Bonchev–Trinajstić information content (AvgIpc) is 2.63. The molecular formula is C18H16ClN3O3S. The normalized spacial score (nSPS) is 12.7. The van der Waals surface area contributed by atoms with Crippen LogP contribution in [0.5, 0.6) is 0 Å². The number of nitrogens with zero attached hydrogens (tertiary/aromatic N) is 1. The van der Waals surface area contributed by atoms with Gasteiger partial charge >= 0.3 is 0 Å². The largest absolute Gasteiger partial charge is 0.268 e. The van der Waals surface area contributed by atoms with Crippen LogP contribution in [0.1, 0.15) is 18.5 Å². The number of halogens is 1. The third-order valence-electron chi connectivity index (χ3n) is 3.83. The van der Waals surface area contributed by atoms with E-state index in [1.807, 2.05) is 30.3 Å². The molecule has 6 nitrogen and oxygen atoms in total. The predicted octanol–water partition coefficient (Wildman–Crippen LogP) is 3.13. The minimum Gasteiger partial charge on any atom is -0.268 e. The van der Waals surface area contributed by atoms with Gasteiger partial charge in [-0.1, -0.05) is 48.0 Å². The molecule has 26 heavy (non-hydrogen) atoms. The fourth-order valence-corrected chi connectivity index (χ4v) is 4.24. The van der Waals surface area contributed by atoms with Crippen molar-refractivity contribution in [2.45, 2.75) is 17.9 Å². The minimum atomic E-state index is -3.86. The van der Waals surface area contributed by atoms with E-state index in [9.17, 15) is 13.2 Å². The third kappa shape index (κ3) is 4.01. The van der Waals surface area contributed by atoms with Crippen molar-refractivity contribution < 1.29 is 8.42 Å². The van der Waals surface area contributed by atoms with Gasteiger partial charge in [-0.2, -0.15) is 5.10 Å². The van der Waals surface area contributed by atoms with Crippen molar-refractivity contribution in [3.8, 4) is 11.3 Å². The number of sulfonamides is 1. The molecular weight excluding hydrogens is 374 g/mol. The second kappa shape index (κ2) is 7.41. The van der Waals surface area contributed by atoms with E-state index in [2.05, 4.69) is 14.9 Å². The molecule has 0 radical (unpaired) electrons. The highest BCUT2D eigenvalue weighted by molar-refractivity contribution is 7.89. The molecule has 1 aromatic heterocycles. The van der Waals surface area contributed by atoms with Crippen LogP contribution >= 0.6 is 11.6 Å². The number of hydrogen-bond acceptors (Lipinski definition) is 4. The number of rotatable bonds is 5. The topological polar surface area (TPSA) is 91.9 Å². The van der Waals surface area contributed by atoms with Gasteiger partial charge in [0.15, 0.2) is 0 Å². The molecule has 0 saturated carbocycles. The standard InChI is InChI=1S/C18H16ClN3O3S/c1-12(13-5-3-2-4-6-13)22-26(24,25)17-11-14(7-8-15(17)19)16-9-10-18(23)21-20-16/h2-12,22H,1H3,(H,21,23)/t12-/m1/s1. The smallest absolute Gasteiger partial charge is 0.264 e. The van der Waals surface area contributed by atoms with Gasteiger partial charge in [0.1, 0.15) is 4.90 Å². The molecule has 1 heterocycles. The lowest BCUT2D eigenvalue weighted by atomic mass is 10.1. The van der Waals surface area contributed by atoms with Gasteiger partial charge in [-0.05, 0) is 30.7 Å². The zero-order valence-electron chi connectivity index (χ0n) is 13.8. The maximum absolute atomic E-state index is 12.8. The van der Waals surface area contributed by atoms with Crippen molar-refractivity contribution in [2.24, 2.45) is 0 Å². The monoisotopic (exact) mass is 389 g/mol. The summed E-state index contributed by atoms with van der Waals surface area (Å²) in [4.78, 5) is 11.1. The predicted molar refractivity (Wildman–Crippen MR) is 100 cm³/mol. The Kier molecular flexibility index (Phi) is 5.22. The highest BCUT2D eigenvalue weighted by Crippen LogP contribution is 2.28. The summed E-state index contributed by atoms with van der Waals surface area (Å²) in [6.07, 6.45) is 0. The summed E-state index contributed by atoms with van der Waals surface area (Å²) in [6.45, 7) is 1.76. The summed E-state index contributed by atoms with van der Waals surface area (Å²) in [5.74, 6) is 0. The summed E-state index contributed by atoms with van der Waals surface area (Å²) in [6, 6.07) is 16.2. The first-order valence-corrected chi connectivity index (χ1v) is 9.66. The highest BCUT2D eigenvalue weighted by atomic mass is 35.5. The molecule has 0 fully saturated rings. The van der Waals surface area contributed by atoms with Gasteiger partial charge in [0.2, 0.25) is 10.0 Å². The Labute approximate surface area is 155 Å². The van der Waals surface area contributed by atoms with Crippen molar-refractivity contribution in [1.29, 1.82) is 0 Å². The number of aromatic amines is 1. The van der Waals surface area contributed by atoms with Crippen molar-refractivity contribution in [3.05, 3.63) is 81.6 Å². The molecule has 134 valence electrons. The van der Waals surface area contributed by atoms with Crippen molar-refractivity contribution in [3.63, 3.8) is 0 Å². The fourth-order valence-electron chi connectivity index (χ4n) is 2.48. The molecule has 0 bridgehead atoms. The zero-order valence-corrected chi connectivity index (χ0v) is 15.4. The second-order valence-corrected chi connectivity index (χ2v) is 7.79. The summed E-state index contributed by atoms with van der Waals surface area (Å²) < 4.78 is 28.2. The molecule has 0 aliphatic heterocycles. The molecule has 0 unspecified atom stereocenters. The maximum atomic E-state index is 12.8.